The van der Waals surface area contributed by atoms with Crippen molar-refractivity contribution in [3.05, 3.63) is 95.7 Å². The van der Waals surface area contributed by atoms with E-state index < -0.39 is 0 Å². The molecule has 2 aromatic heterocycles. The first kappa shape index (κ1) is 17.1. The van der Waals surface area contributed by atoms with Crippen LogP contribution in [0.3, 0.4) is 0 Å². The lowest BCUT2D eigenvalue weighted by molar-refractivity contribution is 0.0997. The van der Waals surface area contributed by atoms with Crippen molar-refractivity contribution in [2.75, 3.05) is 5.32 Å². The number of aromatic nitrogens is 2. The van der Waals surface area contributed by atoms with Gasteiger partial charge in [-0.25, -0.2) is 4.98 Å². The molecular weight excluding hydrogens is 362 g/mol. The summed E-state index contributed by atoms with van der Waals surface area (Å²) < 4.78 is 7.65. The van der Waals surface area contributed by atoms with Gasteiger partial charge in [0.25, 0.3) is 5.91 Å². The molecular formula is C21H16ClN3O2. The van der Waals surface area contributed by atoms with Gasteiger partial charge >= 0.3 is 0 Å². The lowest BCUT2D eigenvalue weighted by Gasteiger charge is -2.07. The van der Waals surface area contributed by atoms with Crippen molar-refractivity contribution >= 4 is 23.2 Å². The molecule has 6 heteroatoms. The van der Waals surface area contributed by atoms with Crippen LogP contribution in [0, 0.1) is 0 Å². The van der Waals surface area contributed by atoms with Crippen LogP contribution in [0.15, 0.2) is 83.8 Å². The first-order valence-corrected chi connectivity index (χ1v) is 8.77. The van der Waals surface area contributed by atoms with E-state index in [1.54, 1.807) is 30.7 Å². The second-order valence-electron chi connectivity index (χ2n) is 6.03. The molecule has 1 N–H and O–H groups in total. The number of imidazole rings is 1. The van der Waals surface area contributed by atoms with Gasteiger partial charge in [0.1, 0.15) is 5.76 Å². The monoisotopic (exact) mass is 377 g/mol. The van der Waals surface area contributed by atoms with Gasteiger partial charge in [-0.3, -0.25) is 4.79 Å². The van der Waals surface area contributed by atoms with Crippen molar-refractivity contribution in [2.24, 2.45) is 0 Å². The number of carbonyl (C=O) groups excluding carboxylic acids is 1. The minimum atomic E-state index is -0.312. The maximum atomic E-state index is 12.5. The normalized spacial score (nSPS) is 10.7. The van der Waals surface area contributed by atoms with Crippen LogP contribution in [0.5, 0.6) is 0 Å². The topological polar surface area (TPSA) is 60.1 Å². The Labute approximate surface area is 161 Å². The Morgan fingerprint density at radius 1 is 1.11 bits per heavy atom. The summed E-state index contributed by atoms with van der Waals surface area (Å²) in [7, 11) is 0. The van der Waals surface area contributed by atoms with Gasteiger partial charge in [-0.2, -0.15) is 0 Å². The van der Waals surface area contributed by atoms with E-state index in [0.717, 1.165) is 11.1 Å². The highest BCUT2D eigenvalue weighted by molar-refractivity contribution is 6.33. The van der Waals surface area contributed by atoms with Crippen LogP contribution in [-0.2, 0) is 6.54 Å². The number of anilines is 1. The minimum Gasteiger partial charge on any atom is -0.451 e. The van der Waals surface area contributed by atoms with Gasteiger partial charge < -0.3 is 14.3 Å². The third kappa shape index (κ3) is 3.93. The Hall–Kier alpha value is -3.31. The molecule has 0 saturated carbocycles. The van der Waals surface area contributed by atoms with Crippen molar-refractivity contribution in [3.8, 4) is 11.3 Å². The molecule has 2 aromatic carbocycles. The smallest absolute Gasteiger partial charge is 0.291 e. The fourth-order valence-electron chi connectivity index (χ4n) is 2.80. The number of nitrogens with one attached hydrogen (secondary N) is 1. The summed E-state index contributed by atoms with van der Waals surface area (Å²) in [5, 5.41) is 3.44. The summed E-state index contributed by atoms with van der Waals surface area (Å²) in [5.74, 6) is 0.470. The van der Waals surface area contributed by atoms with E-state index in [-0.39, 0.29) is 11.7 Å². The number of furan rings is 1. The first-order chi connectivity index (χ1) is 13.2. The Bertz CT molecular complexity index is 1070. The molecule has 27 heavy (non-hydrogen) atoms. The van der Waals surface area contributed by atoms with Gasteiger partial charge in [-0.1, -0.05) is 35.9 Å². The molecule has 0 aliphatic heterocycles. The number of carbonyl (C=O) groups is 1. The average molecular weight is 378 g/mol. The Kier molecular flexibility index (Phi) is 4.77. The van der Waals surface area contributed by atoms with Crippen molar-refractivity contribution < 1.29 is 9.21 Å². The van der Waals surface area contributed by atoms with Crippen LogP contribution < -0.4 is 5.32 Å². The summed E-state index contributed by atoms with van der Waals surface area (Å²) in [6, 6.07) is 18.4. The molecule has 0 aliphatic carbocycles. The predicted octanol–water partition coefficient (Wildman–Crippen LogP) is 5.10. The summed E-state index contributed by atoms with van der Waals surface area (Å²) >= 11 is 6.19. The maximum absolute atomic E-state index is 12.5. The van der Waals surface area contributed by atoms with Crippen LogP contribution >= 0.6 is 11.6 Å². The number of benzene rings is 2. The van der Waals surface area contributed by atoms with Crippen molar-refractivity contribution in [2.45, 2.75) is 6.54 Å². The highest BCUT2D eigenvalue weighted by Crippen LogP contribution is 2.29. The summed E-state index contributed by atoms with van der Waals surface area (Å²) in [6.07, 6.45) is 5.38. The van der Waals surface area contributed by atoms with Gasteiger partial charge in [-0.05, 0) is 42.0 Å². The molecule has 0 saturated heterocycles. The molecule has 0 unspecified atom stereocenters. The van der Waals surface area contributed by atoms with Crippen LogP contribution in [0.25, 0.3) is 11.3 Å². The number of halogens is 1. The van der Waals surface area contributed by atoms with E-state index in [0.29, 0.717) is 23.0 Å². The molecule has 2 heterocycles. The Morgan fingerprint density at radius 3 is 2.81 bits per heavy atom. The number of hydrogen-bond donors (Lipinski definition) is 1. The molecule has 0 aliphatic rings. The second kappa shape index (κ2) is 7.51. The minimum absolute atomic E-state index is 0.227. The van der Waals surface area contributed by atoms with Crippen molar-refractivity contribution in [1.29, 1.82) is 0 Å². The van der Waals surface area contributed by atoms with Crippen LogP contribution in [0.1, 0.15) is 16.1 Å². The molecule has 0 atom stereocenters. The number of nitrogens with zero attached hydrogens (tertiary/aromatic N) is 2. The second-order valence-corrected chi connectivity index (χ2v) is 6.44. The summed E-state index contributed by atoms with van der Waals surface area (Å²) in [5.41, 5.74) is 2.51. The Balaban J connectivity index is 1.49. The van der Waals surface area contributed by atoms with E-state index >= 15 is 0 Å². The fraction of sp³-hybridized carbons (Fsp3) is 0.0476. The molecule has 1 amide bonds. The molecule has 4 aromatic rings. The zero-order chi connectivity index (χ0) is 18.6. The first-order valence-electron chi connectivity index (χ1n) is 8.40. The SMILES string of the molecule is O=C(Nc1cccc(Cn2ccnc2)c1)c1ccc(-c2ccccc2Cl)o1. The van der Waals surface area contributed by atoms with Crippen molar-refractivity contribution in [1.82, 2.24) is 9.55 Å². The number of amides is 1. The molecule has 0 spiro atoms. The van der Waals surface area contributed by atoms with Crippen LogP contribution in [0.2, 0.25) is 5.02 Å². The molecule has 5 nitrogen and oxygen atoms in total. The predicted molar refractivity (Wildman–Crippen MR) is 105 cm³/mol. The summed E-state index contributed by atoms with van der Waals surface area (Å²) in [4.78, 5) is 16.6. The maximum Gasteiger partial charge on any atom is 0.291 e. The van der Waals surface area contributed by atoms with Gasteiger partial charge in [-0.15, -0.1) is 0 Å². The highest BCUT2D eigenvalue weighted by Gasteiger charge is 2.14. The van der Waals surface area contributed by atoms with E-state index in [9.17, 15) is 4.79 Å². The third-order valence-corrected chi connectivity index (χ3v) is 4.41. The molecule has 134 valence electrons. The standard InChI is InChI=1S/C21H16ClN3O2/c22-18-7-2-1-6-17(18)19-8-9-20(27-19)21(26)24-16-5-3-4-15(12-16)13-25-11-10-23-14-25/h1-12,14H,13H2,(H,24,26). The van der Waals surface area contributed by atoms with Crippen LogP contribution in [0.4, 0.5) is 5.69 Å². The lowest BCUT2D eigenvalue weighted by Crippen LogP contribution is -2.11. The quantitative estimate of drug-likeness (QED) is 0.526. The fourth-order valence-corrected chi connectivity index (χ4v) is 3.03. The van der Waals surface area contributed by atoms with E-state index in [2.05, 4.69) is 10.3 Å². The molecule has 0 bridgehead atoms. The van der Waals surface area contributed by atoms with Gasteiger partial charge in [0.05, 0.1) is 11.3 Å². The highest BCUT2D eigenvalue weighted by atomic mass is 35.5. The van der Waals surface area contributed by atoms with Gasteiger partial charge in [0.15, 0.2) is 5.76 Å². The van der Waals surface area contributed by atoms with Gasteiger partial charge in [0.2, 0.25) is 0 Å². The van der Waals surface area contributed by atoms with E-state index in [4.69, 9.17) is 16.0 Å². The molecule has 0 fully saturated rings. The zero-order valence-corrected chi connectivity index (χ0v) is 15.1. The largest absolute Gasteiger partial charge is 0.451 e. The van der Waals surface area contributed by atoms with Crippen LogP contribution in [-0.4, -0.2) is 15.5 Å². The van der Waals surface area contributed by atoms with Gasteiger partial charge in [0, 0.05) is 30.2 Å². The van der Waals surface area contributed by atoms with Crippen molar-refractivity contribution in [3.63, 3.8) is 0 Å². The van der Waals surface area contributed by atoms with E-state index in [1.807, 2.05) is 53.2 Å². The van der Waals surface area contributed by atoms with E-state index in [1.165, 1.54) is 0 Å². The average Bonchev–Trinajstić information content (AvgIpc) is 3.34. The number of hydrogen-bond acceptors (Lipinski definition) is 3. The summed E-state index contributed by atoms with van der Waals surface area (Å²) in [6.45, 7) is 0.682. The number of rotatable bonds is 5. The zero-order valence-electron chi connectivity index (χ0n) is 14.3. The lowest BCUT2D eigenvalue weighted by atomic mass is 10.2. The third-order valence-electron chi connectivity index (χ3n) is 4.08. The Morgan fingerprint density at radius 2 is 2.00 bits per heavy atom. The molecule has 4 rings (SSSR count). The molecule has 0 radical (unpaired) electrons.